The summed E-state index contributed by atoms with van der Waals surface area (Å²) >= 11 is 7.43. The number of aryl methyl sites for hydroxylation is 2. The van der Waals surface area contributed by atoms with Crippen molar-refractivity contribution in [3.05, 3.63) is 214 Å². The molecule has 5 aromatic carbocycles. The molecule has 0 fully saturated rings. The number of nitriles is 3. The van der Waals surface area contributed by atoms with Crippen molar-refractivity contribution in [3.8, 4) is 65.0 Å². The van der Waals surface area contributed by atoms with Crippen molar-refractivity contribution >= 4 is 90.2 Å². The second-order valence-electron chi connectivity index (χ2n) is 18.8. The first kappa shape index (κ1) is 54.7. The monoisotopic (exact) mass is 1250 g/mol. The molecule has 4 heterocycles. The normalized spacial score (nSPS) is 11.3. The average molecular weight is 1250 g/mol. The van der Waals surface area contributed by atoms with E-state index in [0.717, 1.165) is 45.5 Å². The first-order valence-corrected chi connectivity index (χ1v) is 35.4. The summed E-state index contributed by atoms with van der Waals surface area (Å²) in [5, 5.41) is 30.6. The third-order valence-corrected chi connectivity index (χ3v) is 22.8. The Morgan fingerprint density at radius 3 is 1.11 bits per heavy atom. The Bertz CT molecular complexity index is 3230. The molecule has 0 aliphatic rings. The molecule has 0 radical (unpaired) electrons. The van der Waals surface area contributed by atoms with Crippen molar-refractivity contribution in [2.24, 2.45) is 0 Å². The third kappa shape index (κ3) is 13.2. The van der Waals surface area contributed by atoms with Crippen LogP contribution in [-0.2, 0) is 34.2 Å². The van der Waals surface area contributed by atoms with Crippen molar-refractivity contribution in [1.82, 2.24) is 0 Å². The Morgan fingerprint density at radius 2 is 0.733 bits per heavy atom. The van der Waals surface area contributed by atoms with Gasteiger partial charge in [0, 0.05) is 34.1 Å². The summed E-state index contributed by atoms with van der Waals surface area (Å²) in [5.74, 6) is 0. The van der Waals surface area contributed by atoms with E-state index in [2.05, 4.69) is 193 Å². The van der Waals surface area contributed by atoms with Gasteiger partial charge >= 0.3 is 261 Å². The number of hydrogen-bond donors (Lipinski definition) is 0. The van der Waals surface area contributed by atoms with Gasteiger partial charge in [-0.25, -0.2) is 0 Å². The minimum absolute atomic E-state index is 0.108. The van der Waals surface area contributed by atoms with E-state index in [4.69, 9.17) is 0 Å². The van der Waals surface area contributed by atoms with Gasteiger partial charge in [-0.15, -0.1) is 34.0 Å². The van der Waals surface area contributed by atoms with Crippen LogP contribution in [0.5, 0.6) is 0 Å². The molecule has 0 bridgehead atoms. The molecule has 4 aromatic heterocycles. The smallest absolute Gasteiger partial charge is 0.134 e. The minimum atomic E-state index is -0.667. The average Bonchev–Trinajstić information content (AvgIpc) is 4.31. The van der Waals surface area contributed by atoms with Crippen molar-refractivity contribution in [3.63, 3.8) is 0 Å². The number of unbranched alkanes of at least 4 members (excludes halogenated alkanes) is 6. The molecule has 0 atom stereocenters. The van der Waals surface area contributed by atoms with Gasteiger partial charge in [0.05, 0.1) is 0 Å². The molecule has 0 saturated carbocycles. The molecular weight excluding hydrogens is 1190 g/mol. The standard InChI is InChI=1S/C65H59N3S4Se3/c1-3-5-7-10-16-51-38-61(49-14-12-9-13-15-49)71-63(51)59-36-34-57(69-59)58-35-37-60(70-58)64-52(17-11-8-6-4-2)39-62(72-64)50-24-32-56(33-25-50)65(53-26-18-46(19-27-53)40-73-43-66,54-28-20-47(21-29-54)41-74-44-67)55-30-22-48(23-31-55)42-75-45-68/h9,12-15,18-39H,3-8,10-11,16-17,40-42H2,1-2H3. The Kier molecular flexibility index (Phi) is 19.9. The van der Waals surface area contributed by atoms with Crippen LogP contribution < -0.4 is 0 Å². The summed E-state index contributed by atoms with van der Waals surface area (Å²) in [4.78, 5) is 18.0. The molecule has 0 saturated heterocycles. The molecule has 0 spiro atoms. The number of nitrogens with zero attached hydrogens (tertiary/aromatic N) is 3. The number of benzene rings is 5. The van der Waals surface area contributed by atoms with Crippen LogP contribution in [0.4, 0.5) is 0 Å². The summed E-state index contributed by atoms with van der Waals surface area (Å²) < 4.78 is 0. The maximum atomic E-state index is 9.43. The zero-order valence-corrected chi connectivity index (χ0v) is 50.9. The van der Waals surface area contributed by atoms with E-state index in [1.165, 1.54) is 135 Å². The molecule has 0 aliphatic carbocycles. The molecule has 0 N–H and O–H groups in total. The number of hydrogen-bond acceptors (Lipinski definition) is 7. The van der Waals surface area contributed by atoms with Crippen molar-refractivity contribution in [1.29, 1.82) is 15.8 Å². The number of thiophene rings is 4. The van der Waals surface area contributed by atoms with Crippen LogP contribution in [0.25, 0.3) is 50.1 Å². The summed E-state index contributed by atoms with van der Waals surface area (Å²) in [7, 11) is 0. The van der Waals surface area contributed by atoms with Crippen LogP contribution >= 0.6 is 45.3 Å². The SMILES string of the molecule is CCCCCCc1cc(-c2ccccc2)sc1-c1ccc(-c2ccc(-c3sc(-c4ccc(C(c5ccc(C[Se]C#N)cc5)(c5ccc(C[Se]C#N)cc5)c5ccc(C[Se]C#N)cc5)cc4)cc3CCCCCC)s2)s1. The first-order valence-electron chi connectivity index (χ1n) is 25.9. The van der Waals surface area contributed by atoms with Gasteiger partial charge < -0.3 is 0 Å². The van der Waals surface area contributed by atoms with E-state index < -0.39 is 5.41 Å². The molecule has 9 rings (SSSR count). The van der Waals surface area contributed by atoms with Gasteiger partial charge in [0.25, 0.3) is 0 Å². The van der Waals surface area contributed by atoms with E-state index in [9.17, 15) is 15.8 Å². The molecule has 9 aromatic rings. The van der Waals surface area contributed by atoms with Crippen molar-refractivity contribution in [2.45, 2.75) is 99.4 Å². The second kappa shape index (κ2) is 27.3. The fraction of sp³-hybridized carbons (Fsp3) is 0.246. The van der Waals surface area contributed by atoms with Crippen LogP contribution in [0.15, 0.2) is 164 Å². The second-order valence-corrected chi connectivity index (χ2v) is 27.9. The summed E-state index contributed by atoms with van der Waals surface area (Å²) in [6, 6.07) is 61.3. The van der Waals surface area contributed by atoms with Gasteiger partial charge in [-0.1, -0.05) is 82.7 Å². The third-order valence-electron chi connectivity index (χ3n) is 13.9. The fourth-order valence-electron chi connectivity index (χ4n) is 9.99. The molecular formula is C65H59N3S4Se3. The minimum Gasteiger partial charge on any atom is -0.134 e. The predicted octanol–water partition coefficient (Wildman–Crippen LogP) is 18.0. The molecule has 0 aliphatic heterocycles. The van der Waals surface area contributed by atoms with Crippen LogP contribution in [0.1, 0.15) is 115 Å². The van der Waals surface area contributed by atoms with Gasteiger partial charge in [0.1, 0.15) is 0 Å². The van der Waals surface area contributed by atoms with Crippen LogP contribution in [-0.4, -0.2) is 44.9 Å². The van der Waals surface area contributed by atoms with Crippen molar-refractivity contribution < 1.29 is 0 Å². The Morgan fingerprint density at radius 1 is 0.373 bits per heavy atom. The van der Waals surface area contributed by atoms with Crippen molar-refractivity contribution in [2.75, 3.05) is 0 Å². The summed E-state index contributed by atoms with van der Waals surface area (Å²) in [5.41, 5.74) is 12.9. The topological polar surface area (TPSA) is 71.4 Å². The van der Waals surface area contributed by atoms with Gasteiger partial charge in [-0.3, -0.25) is 0 Å². The van der Waals surface area contributed by atoms with Gasteiger partial charge in [0.15, 0.2) is 0 Å². The molecule has 0 amide bonds. The molecule has 75 heavy (non-hydrogen) atoms. The Balaban J connectivity index is 1.08. The quantitative estimate of drug-likeness (QED) is 0.0325. The maximum absolute atomic E-state index is 9.43. The van der Waals surface area contributed by atoms with Gasteiger partial charge in [-0.05, 0) is 72.7 Å². The Labute approximate surface area is 479 Å². The molecule has 0 unspecified atom stereocenters. The van der Waals surface area contributed by atoms with E-state index >= 15 is 0 Å². The van der Waals surface area contributed by atoms with Crippen LogP contribution in [0.3, 0.4) is 0 Å². The summed E-state index contributed by atoms with van der Waals surface area (Å²) in [6.07, 6.45) is 12.1. The predicted molar refractivity (Wildman–Crippen MR) is 324 cm³/mol. The summed E-state index contributed by atoms with van der Waals surface area (Å²) in [6.45, 7) is 4.58. The molecule has 3 nitrogen and oxygen atoms in total. The fourth-order valence-corrected chi connectivity index (χ4v) is 17.5. The van der Waals surface area contributed by atoms with E-state index in [0.29, 0.717) is 0 Å². The van der Waals surface area contributed by atoms with Crippen LogP contribution in [0.2, 0.25) is 0 Å². The Hall–Kier alpha value is -5.07. The molecule has 10 heteroatoms. The van der Waals surface area contributed by atoms with Crippen LogP contribution in [0, 0.1) is 30.7 Å². The van der Waals surface area contributed by atoms with Gasteiger partial charge in [-0.2, -0.15) is 0 Å². The first-order chi connectivity index (χ1) is 36.9. The number of rotatable bonds is 25. The van der Waals surface area contributed by atoms with E-state index in [1.54, 1.807) is 0 Å². The van der Waals surface area contributed by atoms with E-state index in [1.807, 2.05) is 45.3 Å². The molecule has 376 valence electrons. The van der Waals surface area contributed by atoms with Gasteiger partial charge in [0.2, 0.25) is 0 Å². The van der Waals surface area contributed by atoms with E-state index in [-0.39, 0.29) is 44.9 Å². The zero-order valence-electron chi connectivity index (χ0n) is 42.5. The zero-order chi connectivity index (χ0) is 51.8.